The van der Waals surface area contributed by atoms with Gasteiger partial charge in [-0.1, -0.05) is 6.58 Å². The summed E-state index contributed by atoms with van der Waals surface area (Å²) in [4.78, 5) is 0. The highest BCUT2D eigenvalue weighted by atomic mass is 79.9. The molecule has 0 saturated heterocycles. The molecule has 3 heteroatoms. The molecule has 7 heavy (non-hydrogen) atoms. The Labute approximate surface area is 56.2 Å². The molecule has 0 aliphatic heterocycles. The zero-order chi connectivity index (χ0) is 5.70. The Bertz CT molecular complexity index is 89.7. The quantitative estimate of drug-likeness (QED) is 0.468. The van der Waals surface area contributed by atoms with Crippen LogP contribution >= 0.6 is 27.9 Å². The van der Waals surface area contributed by atoms with E-state index in [-0.39, 0.29) is 0 Å². The first-order valence-corrected chi connectivity index (χ1v) is 3.67. The molecule has 0 atom stereocenters. The molecular weight excluding hydrogens is 174 g/mol. The van der Waals surface area contributed by atoms with Gasteiger partial charge in [0.1, 0.15) is 4.62 Å². The highest BCUT2D eigenvalue weighted by molar-refractivity contribution is 9.18. The molecule has 0 bridgehead atoms. The van der Waals surface area contributed by atoms with Gasteiger partial charge in [-0.25, -0.2) is 4.40 Å². The Morgan fingerprint density at radius 3 is 2.71 bits per heavy atom. The fraction of sp³-hybridized carbons (Fsp3) is 0.250. The molecule has 0 aliphatic carbocycles. The smallest absolute Gasteiger partial charge is 0.113 e. The van der Waals surface area contributed by atoms with Crippen LogP contribution in [0.4, 0.5) is 0 Å². The lowest BCUT2D eigenvalue weighted by molar-refractivity contribution is 1.96. The van der Waals surface area contributed by atoms with Crippen LogP contribution in [-0.4, -0.2) is 10.9 Å². The van der Waals surface area contributed by atoms with E-state index < -0.39 is 0 Å². The molecule has 40 valence electrons. The van der Waals surface area contributed by atoms with E-state index in [9.17, 15) is 0 Å². The Morgan fingerprint density at radius 1 is 2.00 bits per heavy atom. The van der Waals surface area contributed by atoms with Crippen molar-refractivity contribution in [1.29, 1.82) is 0 Å². The summed E-state index contributed by atoms with van der Waals surface area (Å²) in [5.74, 6) is 0. The normalized spacial score (nSPS) is 11.4. The van der Waals surface area contributed by atoms with Gasteiger partial charge in [-0.3, -0.25) is 0 Å². The van der Waals surface area contributed by atoms with Crippen LogP contribution < -0.4 is 0 Å². The fourth-order valence-corrected chi connectivity index (χ4v) is 0.808. The van der Waals surface area contributed by atoms with Crippen molar-refractivity contribution in [1.82, 2.24) is 0 Å². The molecule has 0 aromatic rings. The first kappa shape index (κ1) is 7.24. The number of rotatable bonds is 2. The largest absolute Gasteiger partial charge is 0.210 e. The minimum atomic E-state index is 0.792. The maximum atomic E-state index is 3.88. The molecular formula is C4H6BrNS. The van der Waals surface area contributed by atoms with Crippen molar-refractivity contribution in [2.24, 2.45) is 4.40 Å². The van der Waals surface area contributed by atoms with E-state index in [1.807, 2.05) is 6.26 Å². The average Bonchev–Trinajstić information content (AvgIpc) is 1.68. The maximum Gasteiger partial charge on any atom is 0.113 e. The molecule has 0 unspecified atom stereocenters. The lowest BCUT2D eigenvalue weighted by Crippen LogP contribution is -1.69. The van der Waals surface area contributed by atoms with Crippen LogP contribution in [0, 0.1) is 0 Å². The summed E-state index contributed by atoms with van der Waals surface area (Å²) in [6.07, 6.45) is 3.54. The summed E-state index contributed by atoms with van der Waals surface area (Å²) in [7, 11) is 0. The predicted molar refractivity (Wildman–Crippen MR) is 40.1 cm³/mol. The molecule has 0 rings (SSSR count). The van der Waals surface area contributed by atoms with Gasteiger partial charge in [-0.2, -0.15) is 0 Å². The molecule has 0 radical (unpaired) electrons. The van der Waals surface area contributed by atoms with Crippen LogP contribution in [0.25, 0.3) is 0 Å². The van der Waals surface area contributed by atoms with Gasteiger partial charge in [0.15, 0.2) is 0 Å². The van der Waals surface area contributed by atoms with Crippen molar-refractivity contribution < 1.29 is 0 Å². The van der Waals surface area contributed by atoms with Crippen molar-refractivity contribution in [3.8, 4) is 0 Å². The molecule has 0 aromatic heterocycles. The molecule has 0 aromatic carbocycles. The van der Waals surface area contributed by atoms with Crippen LogP contribution in [-0.2, 0) is 0 Å². The number of nitrogens with zero attached hydrogens (tertiary/aromatic N) is 1. The molecule has 0 aliphatic rings. The van der Waals surface area contributed by atoms with Gasteiger partial charge in [-0.15, -0.1) is 0 Å². The first-order chi connectivity index (χ1) is 3.31. The number of allylic oxidation sites excluding steroid dienone is 1. The predicted octanol–water partition coefficient (Wildman–Crippen LogP) is 2.24. The van der Waals surface area contributed by atoms with Crippen LogP contribution in [0.5, 0.6) is 0 Å². The van der Waals surface area contributed by atoms with Crippen molar-refractivity contribution in [2.75, 3.05) is 6.26 Å². The van der Waals surface area contributed by atoms with E-state index in [4.69, 9.17) is 0 Å². The van der Waals surface area contributed by atoms with Gasteiger partial charge in [0, 0.05) is 6.26 Å². The van der Waals surface area contributed by atoms with Crippen molar-refractivity contribution in [3.63, 3.8) is 0 Å². The minimum Gasteiger partial charge on any atom is -0.210 e. The summed E-state index contributed by atoms with van der Waals surface area (Å²) in [6, 6.07) is 0. The summed E-state index contributed by atoms with van der Waals surface area (Å²) in [5.41, 5.74) is 0. The third-order valence-corrected chi connectivity index (χ3v) is 1.46. The van der Waals surface area contributed by atoms with Crippen molar-refractivity contribution in [3.05, 3.63) is 12.7 Å². The molecule has 0 N–H and O–H groups in total. The maximum absolute atomic E-state index is 3.88. The summed E-state index contributed by atoms with van der Waals surface area (Å²) in [5, 5.41) is 0. The van der Waals surface area contributed by atoms with E-state index in [1.54, 1.807) is 6.08 Å². The Kier molecular flexibility index (Phi) is 4.55. The second-order valence-corrected chi connectivity index (χ2v) is 2.16. The van der Waals surface area contributed by atoms with Gasteiger partial charge in [-0.05, 0) is 34.0 Å². The molecule has 0 amide bonds. The van der Waals surface area contributed by atoms with Crippen molar-refractivity contribution >= 4 is 32.5 Å². The topological polar surface area (TPSA) is 12.4 Å². The van der Waals surface area contributed by atoms with E-state index in [0.717, 1.165) is 4.62 Å². The zero-order valence-electron chi connectivity index (χ0n) is 4.02. The lowest BCUT2D eigenvalue weighted by atomic mass is 10.7. The molecule has 0 spiro atoms. The Balaban J connectivity index is 3.49. The monoisotopic (exact) mass is 179 g/mol. The van der Waals surface area contributed by atoms with E-state index >= 15 is 0 Å². The highest BCUT2D eigenvalue weighted by Crippen LogP contribution is 1.99. The second kappa shape index (κ2) is 4.40. The van der Waals surface area contributed by atoms with Crippen LogP contribution in [0.3, 0.4) is 0 Å². The van der Waals surface area contributed by atoms with Crippen LogP contribution in [0.15, 0.2) is 17.1 Å². The van der Waals surface area contributed by atoms with E-state index in [1.165, 1.54) is 11.9 Å². The van der Waals surface area contributed by atoms with Gasteiger partial charge < -0.3 is 0 Å². The van der Waals surface area contributed by atoms with Crippen molar-refractivity contribution in [2.45, 2.75) is 0 Å². The molecule has 0 fully saturated rings. The van der Waals surface area contributed by atoms with Gasteiger partial charge in [0.05, 0.1) is 0 Å². The molecule has 1 nitrogen and oxygen atoms in total. The second-order valence-electron chi connectivity index (χ2n) is 0.801. The number of halogens is 1. The lowest BCUT2D eigenvalue weighted by Gasteiger charge is -1.79. The number of hydrogen-bond donors (Lipinski definition) is 0. The minimum absolute atomic E-state index is 0.792. The zero-order valence-corrected chi connectivity index (χ0v) is 6.42. The van der Waals surface area contributed by atoms with Gasteiger partial charge >= 0.3 is 0 Å². The van der Waals surface area contributed by atoms with Gasteiger partial charge in [0.2, 0.25) is 0 Å². The fourth-order valence-electron chi connectivity index (χ4n) is 0.124. The van der Waals surface area contributed by atoms with Gasteiger partial charge in [0.25, 0.3) is 0 Å². The molecule has 0 heterocycles. The number of hydrogen-bond acceptors (Lipinski definition) is 2. The summed E-state index contributed by atoms with van der Waals surface area (Å²) >= 11 is 4.55. The third kappa shape index (κ3) is 4.09. The third-order valence-electron chi connectivity index (χ3n) is 0.347. The standard InChI is InChI=1S/C4H6BrNS/c1-3-4(5)6-7-2/h3H,1H2,2H3/b6-4+. The average molecular weight is 180 g/mol. The van der Waals surface area contributed by atoms with E-state index in [0.29, 0.717) is 0 Å². The highest BCUT2D eigenvalue weighted by Gasteiger charge is 1.76. The van der Waals surface area contributed by atoms with E-state index in [2.05, 4.69) is 26.9 Å². The summed E-state index contributed by atoms with van der Waals surface area (Å²) < 4.78 is 4.67. The first-order valence-electron chi connectivity index (χ1n) is 1.70. The van der Waals surface area contributed by atoms with Crippen LogP contribution in [0.2, 0.25) is 0 Å². The Morgan fingerprint density at radius 2 is 2.57 bits per heavy atom. The summed E-state index contributed by atoms with van der Waals surface area (Å²) in [6.45, 7) is 3.49. The molecule has 0 saturated carbocycles. The SMILES string of the molecule is C=C/C(Br)=N\SC. The Hall–Kier alpha value is 0.240. The van der Waals surface area contributed by atoms with Crippen LogP contribution in [0.1, 0.15) is 0 Å².